The van der Waals surface area contributed by atoms with E-state index in [2.05, 4.69) is 16.1 Å². The van der Waals surface area contributed by atoms with Crippen LogP contribution in [-0.2, 0) is 13.6 Å². The standard InChI is InChI=1S/C13H19ClN4/c1-10-11(12(14)17(3)16-10)8-18-6-4-13(2,9-15)5-7-18/h4-8H2,1-3H3. The van der Waals surface area contributed by atoms with Crippen molar-refractivity contribution in [3.05, 3.63) is 16.4 Å². The minimum atomic E-state index is -0.149. The molecule has 1 saturated heterocycles. The van der Waals surface area contributed by atoms with Gasteiger partial charge in [-0.1, -0.05) is 11.6 Å². The first-order valence-electron chi connectivity index (χ1n) is 6.27. The molecule has 0 unspecified atom stereocenters. The topological polar surface area (TPSA) is 44.9 Å². The Bertz CT molecular complexity index is 478. The van der Waals surface area contributed by atoms with Gasteiger partial charge in [-0.3, -0.25) is 9.58 Å². The molecule has 2 heterocycles. The Morgan fingerprint density at radius 1 is 1.44 bits per heavy atom. The van der Waals surface area contributed by atoms with Crippen LogP contribution in [-0.4, -0.2) is 27.8 Å². The summed E-state index contributed by atoms with van der Waals surface area (Å²) >= 11 is 6.24. The Morgan fingerprint density at radius 2 is 2.06 bits per heavy atom. The van der Waals surface area contributed by atoms with Crippen molar-refractivity contribution >= 4 is 11.6 Å². The summed E-state index contributed by atoms with van der Waals surface area (Å²) in [5.74, 6) is 0. The van der Waals surface area contributed by atoms with Crippen molar-refractivity contribution in [3.8, 4) is 6.07 Å². The van der Waals surface area contributed by atoms with Gasteiger partial charge in [-0.25, -0.2) is 0 Å². The van der Waals surface area contributed by atoms with Gasteiger partial charge in [0.2, 0.25) is 0 Å². The predicted octanol–water partition coefficient (Wildman–Crippen LogP) is 2.51. The lowest BCUT2D eigenvalue weighted by Gasteiger charge is -2.34. The smallest absolute Gasteiger partial charge is 0.131 e. The third kappa shape index (κ3) is 2.52. The van der Waals surface area contributed by atoms with E-state index in [0.29, 0.717) is 0 Å². The Balaban J connectivity index is 2.02. The van der Waals surface area contributed by atoms with Crippen LogP contribution in [0.25, 0.3) is 0 Å². The number of hydrogen-bond donors (Lipinski definition) is 0. The molecule has 0 radical (unpaired) electrons. The first-order valence-corrected chi connectivity index (χ1v) is 6.64. The molecule has 98 valence electrons. The van der Waals surface area contributed by atoms with E-state index in [4.69, 9.17) is 16.9 Å². The fourth-order valence-corrected chi connectivity index (χ4v) is 2.63. The lowest BCUT2D eigenvalue weighted by molar-refractivity contribution is 0.150. The highest BCUT2D eigenvalue weighted by Gasteiger charge is 2.30. The molecule has 5 heteroatoms. The maximum atomic E-state index is 9.11. The molecule has 0 aliphatic carbocycles. The van der Waals surface area contributed by atoms with Gasteiger partial charge < -0.3 is 0 Å². The molecular formula is C13H19ClN4. The molecule has 4 nitrogen and oxygen atoms in total. The second-order valence-electron chi connectivity index (χ2n) is 5.43. The van der Waals surface area contributed by atoms with Crippen molar-refractivity contribution in [2.45, 2.75) is 33.2 Å². The van der Waals surface area contributed by atoms with Crippen LogP contribution >= 0.6 is 11.6 Å². The summed E-state index contributed by atoms with van der Waals surface area (Å²) in [6.07, 6.45) is 1.86. The summed E-state index contributed by atoms with van der Waals surface area (Å²) in [6, 6.07) is 2.42. The van der Waals surface area contributed by atoms with Crippen molar-refractivity contribution < 1.29 is 0 Å². The molecule has 1 aliphatic heterocycles. The molecule has 2 rings (SSSR count). The molecule has 1 aliphatic rings. The quantitative estimate of drug-likeness (QED) is 0.826. The minimum Gasteiger partial charge on any atom is -0.299 e. The van der Waals surface area contributed by atoms with Crippen molar-refractivity contribution in [1.29, 1.82) is 5.26 Å². The van der Waals surface area contributed by atoms with Crippen molar-refractivity contribution in [2.75, 3.05) is 13.1 Å². The van der Waals surface area contributed by atoms with E-state index in [9.17, 15) is 0 Å². The van der Waals surface area contributed by atoms with Gasteiger partial charge in [0.25, 0.3) is 0 Å². The molecule has 1 aromatic heterocycles. The second-order valence-corrected chi connectivity index (χ2v) is 5.79. The predicted molar refractivity (Wildman–Crippen MR) is 71.2 cm³/mol. The van der Waals surface area contributed by atoms with Gasteiger partial charge in [0.05, 0.1) is 17.2 Å². The van der Waals surface area contributed by atoms with E-state index < -0.39 is 0 Å². The number of aryl methyl sites for hydroxylation is 2. The third-order valence-corrected chi connectivity index (χ3v) is 4.35. The molecule has 0 atom stereocenters. The summed E-state index contributed by atoms with van der Waals surface area (Å²) in [7, 11) is 1.86. The van der Waals surface area contributed by atoms with Gasteiger partial charge in [0.15, 0.2) is 0 Å². The van der Waals surface area contributed by atoms with Gasteiger partial charge >= 0.3 is 0 Å². The lowest BCUT2D eigenvalue weighted by Crippen LogP contribution is -2.37. The summed E-state index contributed by atoms with van der Waals surface area (Å²) in [4.78, 5) is 2.36. The zero-order valence-corrected chi connectivity index (χ0v) is 12.0. The van der Waals surface area contributed by atoms with E-state index >= 15 is 0 Å². The Hall–Kier alpha value is -1.05. The van der Waals surface area contributed by atoms with Gasteiger partial charge in [-0.2, -0.15) is 10.4 Å². The number of hydrogen-bond acceptors (Lipinski definition) is 3. The highest BCUT2D eigenvalue weighted by atomic mass is 35.5. The molecule has 0 spiro atoms. The van der Waals surface area contributed by atoms with Crippen LogP contribution in [0, 0.1) is 23.7 Å². The Kier molecular flexibility index (Phi) is 3.65. The largest absolute Gasteiger partial charge is 0.299 e. The molecule has 1 aromatic rings. The summed E-state index contributed by atoms with van der Waals surface area (Å²) < 4.78 is 1.72. The minimum absolute atomic E-state index is 0.149. The maximum absolute atomic E-state index is 9.11. The fourth-order valence-electron chi connectivity index (χ4n) is 2.39. The van der Waals surface area contributed by atoms with Gasteiger partial charge in [-0.05, 0) is 39.8 Å². The summed E-state index contributed by atoms with van der Waals surface area (Å²) in [6.45, 7) is 6.78. The molecule has 18 heavy (non-hydrogen) atoms. The first-order chi connectivity index (χ1) is 8.45. The number of rotatable bonds is 2. The highest BCUT2D eigenvalue weighted by molar-refractivity contribution is 6.30. The molecule has 0 aromatic carbocycles. The number of nitrogens with zero attached hydrogens (tertiary/aromatic N) is 4. The van der Waals surface area contributed by atoms with Gasteiger partial charge in [-0.15, -0.1) is 0 Å². The summed E-state index contributed by atoms with van der Waals surface area (Å²) in [5, 5.41) is 14.2. The van der Waals surface area contributed by atoms with Crippen LogP contribution in [0.4, 0.5) is 0 Å². The van der Waals surface area contributed by atoms with Crippen molar-refractivity contribution in [3.63, 3.8) is 0 Å². The SMILES string of the molecule is Cc1nn(C)c(Cl)c1CN1CCC(C)(C#N)CC1. The van der Waals surface area contributed by atoms with Crippen LogP contribution in [0.15, 0.2) is 0 Å². The second kappa shape index (κ2) is 4.91. The van der Waals surface area contributed by atoms with Crippen LogP contribution < -0.4 is 0 Å². The molecule has 0 bridgehead atoms. The van der Waals surface area contributed by atoms with Crippen molar-refractivity contribution in [2.24, 2.45) is 12.5 Å². The Labute approximate surface area is 113 Å². The van der Waals surface area contributed by atoms with Gasteiger partial charge in [0, 0.05) is 19.2 Å². The normalized spacial score (nSPS) is 19.7. The van der Waals surface area contributed by atoms with E-state index in [0.717, 1.165) is 48.9 Å². The monoisotopic (exact) mass is 266 g/mol. The van der Waals surface area contributed by atoms with Crippen LogP contribution in [0.3, 0.4) is 0 Å². The van der Waals surface area contributed by atoms with E-state index in [-0.39, 0.29) is 5.41 Å². The number of halogens is 1. The lowest BCUT2D eigenvalue weighted by atomic mass is 9.82. The molecule has 0 amide bonds. The summed E-state index contributed by atoms with van der Waals surface area (Å²) in [5.41, 5.74) is 1.96. The number of nitriles is 1. The van der Waals surface area contributed by atoms with E-state index in [1.54, 1.807) is 4.68 Å². The zero-order chi connectivity index (χ0) is 13.3. The number of piperidine rings is 1. The maximum Gasteiger partial charge on any atom is 0.131 e. The van der Waals surface area contributed by atoms with Crippen LogP contribution in [0.2, 0.25) is 5.15 Å². The zero-order valence-electron chi connectivity index (χ0n) is 11.2. The molecule has 1 fully saturated rings. The van der Waals surface area contributed by atoms with Crippen LogP contribution in [0.1, 0.15) is 31.0 Å². The Morgan fingerprint density at radius 3 is 2.50 bits per heavy atom. The van der Waals surface area contributed by atoms with E-state index in [1.165, 1.54) is 0 Å². The average Bonchev–Trinajstić information content (AvgIpc) is 2.59. The van der Waals surface area contributed by atoms with Crippen molar-refractivity contribution in [1.82, 2.24) is 14.7 Å². The van der Waals surface area contributed by atoms with Gasteiger partial charge in [0.1, 0.15) is 5.15 Å². The number of likely N-dealkylation sites (tertiary alicyclic amines) is 1. The fraction of sp³-hybridized carbons (Fsp3) is 0.692. The molecular weight excluding hydrogens is 248 g/mol. The first kappa shape index (κ1) is 13.4. The highest BCUT2D eigenvalue weighted by Crippen LogP contribution is 2.31. The molecule has 0 saturated carbocycles. The van der Waals surface area contributed by atoms with E-state index in [1.807, 2.05) is 20.9 Å². The number of aromatic nitrogens is 2. The molecule has 0 N–H and O–H groups in total. The third-order valence-electron chi connectivity index (χ3n) is 3.88. The van der Waals surface area contributed by atoms with Crippen LogP contribution in [0.5, 0.6) is 0 Å². The average molecular weight is 267 g/mol.